The van der Waals surface area contributed by atoms with Crippen molar-refractivity contribution in [1.29, 1.82) is 0 Å². The molecule has 1 aromatic carbocycles. The third kappa shape index (κ3) is 5.68. The number of piperidine rings is 1. The molecule has 1 fully saturated rings. The van der Waals surface area contributed by atoms with Crippen molar-refractivity contribution in [2.24, 2.45) is 17.8 Å². The molecule has 2 unspecified atom stereocenters. The molecule has 0 radical (unpaired) electrons. The van der Waals surface area contributed by atoms with E-state index in [-0.39, 0.29) is 36.4 Å². The van der Waals surface area contributed by atoms with Crippen molar-refractivity contribution in [1.82, 2.24) is 14.5 Å². The van der Waals surface area contributed by atoms with E-state index in [1.165, 1.54) is 9.47 Å². The van der Waals surface area contributed by atoms with Crippen LogP contribution in [0, 0.1) is 17.8 Å². The van der Waals surface area contributed by atoms with E-state index in [1.807, 2.05) is 44.2 Å². The molecule has 174 valence electrons. The Balaban J connectivity index is 1.96. The van der Waals surface area contributed by atoms with Crippen LogP contribution in [0.2, 0.25) is 0 Å². The fourth-order valence-electron chi connectivity index (χ4n) is 4.64. The highest BCUT2D eigenvalue weighted by atomic mass is 16.2. The molecule has 8 nitrogen and oxygen atoms in total. The van der Waals surface area contributed by atoms with Crippen molar-refractivity contribution in [3.05, 3.63) is 56.7 Å². The summed E-state index contributed by atoms with van der Waals surface area (Å²) in [5.74, 6) is 0.989. The van der Waals surface area contributed by atoms with E-state index in [9.17, 15) is 14.4 Å². The summed E-state index contributed by atoms with van der Waals surface area (Å²) in [6.07, 6.45) is 1.15. The van der Waals surface area contributed by atoms with Crippen LogP contribution in [-0.2, 0) is 11.3 Å². The van der Waals surface area contributed by atoms with Crippen molar-refractivity contribution >= 4 is 17.4 Å². The Labute approximate surface area is 189 Å². The largest absolute Gasteiger partial charge is 0.383 e. The number of carbonyl (C=O) groups excluding carboxylic acids is 1. The van der Waals surface area contributed by atoms with Gasteiger partial charge < -0.3 is 10.6 Å². The zero-order valence-corrected chi connectivity index (χ0v) is 19.5. The first-order valence-electron chi connectivity index (χ1n) is 11.3. The van der Waals surface area contributed by atoms with E-state index >= 15 is 0 Å². The quantitative estimate of drug-likeness (QED) is 0.685. The van der Waals surface area contributed by atoms with Gasteiger partial charge >= 0.3 is 5.69 Å². The Morgan fingerprint density at radius 1 is 1.16 bits per heavy atom. The summed E-state index contributed by atoms with van der Waals surface area (Å²) in [6, 6.07) is 9.40. The van der Waals surface area contributed by atoms with Gasteiger partial charge in [-0.15, -0.1) is 0 Å². The number of nitrogens with two attached hydrogens (primary N) is 1. The van der Waals surface area contributed by atoms with Gasteiger partial charge in [0.2, 0.25) is 5.91 Å². The van der Waals surface area contributed by atoms with Crippen LogP contribution in [0.1, 0.15) is 39.7 Å². The first-order valence-corrected chi connectivity index (χ1v) is 11.3. The molecule has 1 amide bonds. The van der Waals surface area contributed by atoms with Gasteiger partial charge in [0.25, 0.3) is 5.56 Å². The molecule has 1 aromatic heterocycles. The lowest BCUT2D eigenvalue weighted by Crippen LogP contribution is -2.49. The van der Waals surface area contributed by atoms with Crippen LogP contribution >= 0.6 is 0 Å². The van der Waals surface area contributed by atoms with Crippen molar-refractivity contribution in [2.45, 2.75) is 40.7 Å². The molecule has 3 N–H and O–H groups in total. The maximum Gasteiger partial charge on any atom is 0.330 e. The molecule has 0 aliphatic carbocycles. The molecular weight excluding hydrogens is 406 g/mol. The van der Waals surface area contributed by atoms with Gasteiger partial charge in [-0.05, 0) is 29.7 Å². The highest BCUT2D eigenvalue weighted by molar-refractivity contribution is 5.96. The number of hydrogen-bond donors (Lipinski definition) is 2. The number of nitrogens with one attached hydrogen (secondary N) is 1. The Morgan fingerprint density at radius 2 is 1.78 bits per heavy atom. The second-order valence-electron chi connectivity index (χ2n) is 9.60. The standard InChI is InChI=1S/C24H35N5O3/c1-16(2)11-28(20(30)15-27-12-17(3)10-18(4)13-27)21-22(25)29(24(32)26-23(21)31)14-19-8-6-5-7-9-19/h5-9,16-18H,10-15,25H2,1-4H3,(H,26,31,32). The van der Waals surface area contributed by atoms with E-state index < -0.39 is 11.2 Å². The second-order valence-corrected chi connectivity index (χ2v) is 9.60. The lowest BCUT2D eigenvalue weighted by atomic mass is 9.92. The summed E-state index contributed by atoms with van der Waals surface area (Å²) >= 11 is 0. The topological polar surface area (TPSA) is 104 Å². The molecule has 0 saturated carbocycles. The van der Waals surface area contributed by atoms with Crippen LogP contribution in [0.5, 0.6) is 0 Å². The number of anilines is 2. The highest BCUT2D eigenvalue weighted by Crippen LogP contribution is 2.23. The van der Waals surface area contributed by atoms with E-state index in [2.05, 4.69) is 23.7 Å². The predicted molar refractivity (Wildman–Crippen MR) is 128 cm³/mol. The Kier molecular flexibility index (Phi) is 7.56. The SMILES string of the molecule is CC(C)CN(C(=O)CN1CC(C)CC(C)C1)c1c(N)n(Cc2ccccc2)c(=O)[nH]c1=O. The summed E-state index contributed by atoms with van der Waals surface area (Å²) in [4.78, 5) is 44.8. The number of benzene rings is 1. The third-order valence-corrected chi connectivity index (χ3v) is 5.82. The summed E-state index contributed by atoms with van der Waals surface area (Å²) in [7, 11) is 0. The van der Waals surface area contributed by atoms with Crippen LogP contribution < -0.4 is 21.9 Å². The number of amides is 1. The molecule has 1 aliphatic heterocycles. The smallest absolute Gasteiger partial charge is 0.330 e. The summed E-state index contributed by atoms with van der Waals surface area (Å²) < 4.78 is 1.32. The summed E-state index contributed by atoms with van der Waals surface area (Å²) in [5, 5.41) is 0. The van der Waals surface area contributed by atoms with Gasteiger partial charge in [-0.1, -0.05) is 58.0 Å². The lowest BCUT2D eigenvalue weighted by Gasteiger charge is -2.36. The van der Waals surface area contributed by atoms with Gasteiger partial charge in [-0.25, -0.2) is 4.79 Å². The average molecular weight is 442 g/mol. The second kappa shape index (κ2) is 10.2. The van der Waals surface area contributed by atoms with Gasteiger partial charge in [0, 0.05) is 19.6 Å². The molecule has 1 saturated heterocycles. The zero-order valence-electron chi connectivity index (χ0n) is 19.5. The first-order chi connectivity index (χ1) is 15.2. The third-order valence-electron chi connectivity index (χ3n) is 5.82. The zero-order chi connectivity index (χ0) is 23.4. The van der Waals surface area contributed by atoms with Gasteiger partial charge in [-0.3, -0.25) is 24.0 Å². The summed E-state index contributed by atoms with van der Waals surface area (Å²) in [5.41, 5.74) is 6.07. The molecule has 2 atom stereocenters. The molecule has 2 aromatic rings. The van der Waals surface area contributed by atoms with E-state index in [1.54, 1.807) is 0 Å². The minimum absolute atomic E-state index is 0.0111. The Hall–Kier alpha value is -2.87. The maximum atomic E-state index is 13.4. The molecular formula is C24H35N5O3. The number of hydrogen-bond acceptors (Lipinski definition) is 5. The number of likely N-dealkylation sites (tertiary alicyclic amines) is 1. The maximum absolute atomic E-state index is 13.4. The minimum atomic E-state index is -0.633. The highest BCUT2D eigenvalue weighted by Gasteiger charge is 2.29. The van der Waals surface area contributed by atoms with E-state index in [0.29, 0.717) is 18.4 Å². The van der Waals surface area contributed by atoms with Crippen LogP contribution in [0.25, 0.3) is 0 Å². The average Bonchev–Trinajstić information content (AvgIpc) is 2.70. The van der Waals surface area contributed by atoms with Crippen molar-refractivity contribution in [3.63, 3.8) is 0 Å². The van der Waals surface area contributed by atoms with Crippen molar-refractivity contribution < 1.29 is 4.79 Å². The first kappa shape index (κ1) is 23.8. The van der Waals surface area contributed by atoms with Gasteiger partial charge in [0.05, 0.1) is 13.1 Å². The van der Waals surface area contributed by atoms with Gasteiger partial charge in [0.1, 0.15) is 5.82 Å². The Bertz CT molecular complexity index is 1030. The minimum Gasteiger partial charge on any atom is -0.383 e. The monoisotopic (exact) mass is 441 g/mol. The fourth-order valence-corrected chi connectivity index (χ4v) is 4.64. The molecule has 0 spiro atoms. The van der Waals surface area contributed by atoms with E-state index in [0.717, 1.165) is 25.1 Å². The fraction of sp³-hybridized carbons (Fsp3) is 0.542. The number of nitrogen functional groups attached to an aromatic ring is 1. The lowest BCUT2D eigenvalue weighted by molar-refractivity contribution is -0.120. The number of aromatic nitrogens is 2. The molecule has 0 bridgehead atoms. The Morgan fingerprint density at radius 3 is 2.38 bits per heavy atom. The number of nitrogens with zero attached hydrogens (tertiary/aromatic N) is 3. The number of carbonyl (C=O) groups is 1. The number of rotatable bonds is 7. The molecule has 2 heterocycles. The molecule has 8 heteroatoms. The number of H-pyrrole nitrogens is 1. The van der Waals surface area contributed by atoms with Crippen LogP contribution in [0.15, 0.2) is 39.9 Å². The molecule has 3 rings (SSSR count). The van der Waals surface area contributed by atoms with E-state index in [4.69, 9.17) is 5.73 Å². The van der Waals surface area contributed by atoms with Crippen molar-refractivity contribution in [2.75, 3.05) is 36.8 Å². The summed E-state index contributed by atoms with van der Waals surface area (Å²) in [6.45, 7) is 10.8. The molecule has 32 heavy (non-hydrogen) atoms. The van der Waals surface area contributed by atoms with Gasteiger partial charge in [0.15, 0.2) is 5.69 Å². The predicted octanol–water partition coefficient (Wildman–Crippen LogP) is 2.13. The molecule has 1 aliphatic rings. The van der Waals surface area contributed by atoms with Crippen LogP contribution in [-0.4, -0.2) is 46.5 Å². The number of aromatic amines is 1. The normalized spacial score (nSPS) is 19.3. The van der Waals surface area contributed by atoms with Crippen molar-refractivity contribution in [3.8, 4) is 0 Å². The van der Waals surface area contributed by atoms with Crippen LogP contribution in [0.3, 0.4) is 0 Å². The van der Waals surface area contributed by atoms with Crippen LogP contribution in [0.4, 0.5) is 11.5 Å². The van der Waals surface area contributed by atoms with Gasteiger partial charge in [-0.2, -0.15) is 0 Å².